The van der Waals surface area contributed by atoms with Crippen LogP contribution in [-0.4, -0.2) is 32.2 Å². The number of fused-ring (bicyclic) bond motifs is 1. The standard InChI is InChI=1S/C14H11FN6O2/c15-8-2-9(17)6(3-16)1-10(8)21-13-11-7(14(22)23)4-18-12(11)19-5-20-13/h1-5,16H,17H2,(H,22,23)(H2,18,19,20,21)/p+1. The Morgan fingerprint density at radius 2 is 2.22 bits per heavy atom. The van der Waals surface area contributed by atoms with Gasteiger partial charge in [0.25, 0.3) is 0 Å². The van der Waals surface area contributed by atoms with Gasteiger partial charge in [-0.1, -0.05) is 0 Å². The summed E-state index contributed by atoms with van der Waals surface area (Å²) in [5.74, 6) is -1.62. The molecule has 2 aromatic heterocycles. The largest absolute Gasteiger partial charge is 0.478 e. The molecule has 2 heterocycles. The number of aromatic amines is 1. The molecule has 0 radical (unpaired) electrons. The number of carbonyl (C=O) groups is 1. The van der Waals surface area contributed by atoms with E-state index in [1.54, 1.807) is 0 Å². The first-order chi connectivity index (χ1) is 11.0. The van der Waals surface area contributed by atoms with Gasteiger partial charge in [-0.15, -0.1) is 0 Å². The summed E-state index contributed by atoms with van der Waals surface area (Å²) in [4.78, 5) is 21.9. The number of aromatic nitrogens is 3. The third kappa shape index (κ3) is 2.44. The second kappa shape index (κ2) is 5.37. The predicted octanol–water partition coefficient (Wildman–Crippen LogP) is 0.299. The van der Waals surface area contributed by atoms with Gasteiger partial charge in [0.2, 0.25) is 0 Å². The van der Waals surface area contributed by atoms with Crippen molar-refractivity contribution in [2.45, 2.75) is 0 Å². The van der Waals surface area contributed by atoms with E-state index in [0.29, 0.717) is 11.2 Å². The topological polar surface area (TPSA) is 143 Å². The second-order valence-electron chi connectivity index (χ2n) is 4.71. The van der Waals surface area contributed by atoms with E-state index in [-0.39, 0.29) is 28.1 Å². The lowest BCUT2D eigenvalue weighted by Crippen LogP contribution is -2.30. The van der Waals surface area contributed by atoms with Crippen LogP contribution in [0.15, 0.2) is 24.7 Å². The molecule has 0 aliphatic carbocycles. The molecule has 8 nitrogen and oxygen atoms in total. The Hall–Kier alpha value is -3.49. The van der Waals surface area contributed by atoms with Crippen LogP contribution in [0.25, 0.3) is 11.0 Å². The molecule has 0 spiro atoms. The lowest BCUT2D eigenvalue weighted by Gasteiger charge is -2.10. The second-order valence-corrected chi connectivity index (χ2v) is 4.71. The van der Waals surface area contributed by atoms with Crippen molar-refractivity contribution >= 4 is 40.4 Å². The van der Waals surface area contributed by atoms with Gasteiger partial charge in [0.05, 0.1) is 22.2 Å². The normalized spacial score (nSPS) is 10.7. The zero-order chi connectivity index (χ0) is 16.6. The van der Waals surface area contributed by atoms with Crippen molar-refractivity contribution in [3.63, 3.8) is 0 Å². The van der Waals surface area contributed by atoms with E-state index >= 15 is 0 Å². The SMILES string of the molecule is Nc1cc(F)c(Nc2ncnc3[nH]cc(C(=O)O)c23)cc1C=[NH2+]. The molecule has 0 amide bonds. The van der Waals surface area contributed by atoms with E-state index in [0.717, 1.165) is 6.07 Å². The average molecular weight is 315 g/mol. The van der Waals surface area contributed by atoms with Gasteiger partial charge in [-0.05, 0) is 12.1 Å². The highest BCUT2D eigenvalue weighted by molar-refractivity contribution is 6.07. The first-order valence-corrected chi connectivity index (χ1v) is 6.47. The molecule has 0 saturated heterocycles. The fourth-order valence-corrected chi connectivity index (χ4v) is 2.20. The molecule has 0 fully saturated rings. The molecule has 23 heavy (non-hydrogen) atoms. The lowest BCUT2D eigenvalue weighted by atomic mass is 10.1. The monoisotopic (exact) mass is 315 g/mol. The van der Waals surface area contributed by atoms with Gasteiger partial charge in [0.1, 0.15) is 23.6 Å². The minimum atomic E-state index is -1.15. The number of benzene rings is 1. The minimum absolute atomic E-state index is 0.0236. The summed E-state index contributed by atoms with van der Waals surface area (Å²) in [5, 5.41) is 17.7. The van der Waals surface area contributed by atoms with Crippen molar-refractivity contribution in [2.75, 3.05) is 11.1 Å². The van der Waals surface area contributed by atoms with E-state index in [4.69, 9.17) is 11.1 Å². The summed E-state index contributed by atoms with van der Waals surface area (Å²) in [6, 6.07) is 2.53. The Bertz CT molecular complexity index is 936. The fraction of sp³-hybridized carbons (Fsp3) is 0. The molecule has 0 aliphatic rings. The molecular formula is C14H12FN6O2+. The van der Waals surface area contributed by atoms with Crippen LogP contribution in [0.4, 0.5) is 21.6 Å². The van der Waals surface area contributed by atoms with Crippen LogP contribution < -0.4 is 16.5 Å². The molecule has 3 aromatic rings. The van der Waals surface area contributed by atoms with E-state index < -0.39 is 11.8 Å². The molecule has 0 aliphatic heterocycles. The Morgan fingerprint density at radius 3 is 2.91 bits per heavy atom. The molecule has 0 atom stereocenters. The Morgan fingerprint density at radius 1 is 1.43 bits per heavy atom. The van der Waals surface area contributed by atoms with Gasteiger partial charge in [-0.2, -0.15) is 0 Å². The van der Waals surface area contributed by atoms with Crippen LogP contribution in [0.3, 0.4) is 0 Å². The zero-order valence-corrected chi connectivity index (χ0v) is 11.7. The highest BCUT2D eigenvalue weighted by atomic mass is 19.1. The first-order valence-electron chi connectivity index (χ1n) is 6.47. The Kier molecular flexibility index (Phi) is 3.37. The number of halogens is 1. The van der Waals surface area contributed by atoms with Crippen molar-refractivity contribution < 1.29 is 19.7 Å². The quantitative estimate of drug-likeness (QED) is 0.346. The van der Waals surface area contributed by atoms with Crippen LogP contribution in [0.5, 0.6) is 0 Å². The van der Waals surface area contributed by atoms with Gasteiger partial charge in [0, 0.05) is 11.9 Å². The van der Waals surface area contributed by atoms with Crippen molar-refractivity contribution in [3.05, 3.63) is 41.6 Å². The number of carboxylic acid groups (broad SMARTS) is 1. The Balaban J connectivity index is 2.14. The summed E-state index contributed by atoms with van der Waals surface area (Å²) < 4.78 is 14.1. The Labute approximate surface area is 128 Å². The molecule has 0 bridgehead atoms. The van der Waals surface area contributed by atoms with Crippen molar-refractivity contribution in [1.29, 1.82) is 0 Å². The first kappa shape index (κ1) is 14.4. The minimum Gasteiger partial charge on any atom is -0.478 e. The van der Waals surface area contributed by atoms with Gasteiger partial charge in [-0.25, -0.2) is 19.2 Å². The molecule has 3 rings (SSSR count). The highest BCUT2D eigenvalue weighted by Gasteiger charge is 2.17. The molecule has 0 unspecified atom stereocenters. The van der Waals surface area contributed by atoms with Crippen LogP contribution >= 0.6 is 0 Å². The average Bonchev–Trinajstić information content (AvgIpc) is 2.95. The number of nitrogens with zero attached hydrogens (tertiary/aromatic N) is 2. The summed E-state index contributed by atoms with van der Waals surface area (Å²) in [5.41, 5.74) is 6.63. The van der Waals surface area contributed by atoms with Crippen LogP contribution in [-0.2, 0) is 0 Å². The predicted molar refractivity (Wildman–Crippen MR) is 82.0 cm³/mol. The summed E-state index contributed by atoms with van der Waals surface area (Å²) >= 11 is 0. The highest BCUT2D eigenvalue weighted by Crippen LogP contribution is 2.28. The fourth-order valence-electron chi connectivity index (χ4n) is 2.20. The van der Waals surface area contributed by atoms with Crippen LogP contribution in [0.2, 0.25) is 0 Å². The maximum Gasteiger partial charge on any atom is 0.338 e. The van der Waals surface area contributed by atoms with Crippen LogP contribution in [0.1, 0.15) is 15.9 Å². The lowest BCUT2D eigenvalue weighted by molar-refractivity contribution is -0.104. The number of carboxylic acids is 1. The third-order valence-corrected chi connectivity index (χ3v) is 3.31. The van der Waals surface area contributed by atoms with E-state index in [9.17, 15) is 14.3 Å². The van der Waals surface area contributed by atoms with Gasteiger partial charge in [-0.3, -0.25) is 5.41 Å². The van der Waals surface area contributed by atoms with Gasteiger partial charge < -0.3 is 21.1 Å². The number of H-pyrrole nitrogens is 1. The number of aromatic carboxylic acids is 1. The molecule has 1 aromatic carbocycles. The van der Waals surface area contributed by atoms with E-state index in [2.05, 4.69) is 20.3 Å². The van der Waals surface area contributed by atoms with Gasteiger partial charge >= 0.3 is 5.97 Å². The number of nitrogens with two attached hydrogens (primary N) is 2. The maximum absolute atomic E-state index is 14.1. The van der Waals surface area contributed by atoms with E-state index in [1.807, 2.05) is 0 Å². The van der Waals surface area contributed by atoms with Crippen molar-refractivity contribution in [2.24, 2.45) is 0 Å². The summed E-state index contributed by atoms with van der Waals surface area (Å²) in [7, 11) is 0. The third-order valence-electron chi connectivity index (χ3n) is 3.31. The number of hydrogen-bond donors (Lipinski definition) is 5. The van der Waals surface area contributed by atoms with Crippen molar-refractivity contribution in [3.8, 4) is 0 Å². The molecular weight excluding hydrogens is 303 g/mol. The molecule has 9 heteroatoms. The molecule has 116 valence electrons. The molecule has 7 N–H and O–H groups in total. The smallest absolute Gasteiger partial charge is 0.338 e. The number of nitrogen functional groups attached to an aromatic ring is 1. The summed E-state index contributed by atoms with van der Waals surface area (Å²) in [6.45, 7) is 0. The summed E-state index contributed by atoms with van der Waals surface area (Å²) in [6.07, 6.45) is 3.78. The zero-order valence-electron chi connectivity index (χ0n) is 11.7. The number of nitrogens with one attached hydrogen (secondary N) is 2. The number of rotatable bonds is 4. The van der Waals surface area contributed by atoms with Crippen molar-refractivity contribution in [1.82, 2.24) is 15.0 Å². The van der Waals surface area contributed by atoms with E-state index in [1.165, 1.54) is 24.8 Å². The maximum atomic E-state index is 14.1. The number of anilines is 3. The van der Waals surface area contributed by atoms with Crippen LogP contribution in [0, 0.1) is 5.82 Å². The number of hydrogen-bond acceptors (Lipinski definition) is 5. The molecule has 0 saturated carbocycles. The van der Waals surface area contributed by atoms with Gasteiger partial charge in [0.15, 0.2) is 6.21 Å².